The molecule has 0 spiro atoms. The minimum Gasteiger partial charge on any atom is -0.496 e. The van der Waals surface area contributed by atoms with E-state index in [0.717, 1.165) is 23.5 Å². The van der Waals surface area contributed by atoms with Crippen molar-refractivity contribution in [2.75, 3.05) is 26.2 Å². The van der Waals surface area contributed by atoms with Gasteiger partial charge in [0.05, 0.1) is 7.11 Å². The number of benzene rings is 1. The highest BCUT2D eigenvalue weighted by Gasteiger charge is 2.14. The molecule has 0 aliphatic carbocycles. The second kappa shape index (κ2) is 6.76. The van der Waals surface area contributed by atoms with Crippen molar-refractivity contribution >= 4 is 11.8 Å². The summed E-state index contributed by atoms with van der Waals surface area (Å²) in [7, 11) is 3.49. The Morgan fingerprint density at radius 1 is 1.50 bits per heavy atom. The summed E-state index contributed by atoms with van der Waals surface area (Å²) in [5, 5.41) is 3.20. The Labute approximate surface area is 101 Å². The van der Waals surface area contributed by atoms with Crippen LogP contribution in [0.25, 0.3) is 0 Å². The molecule has 0 saturated carbocycles. The molecule has 2 nitrogen and oxygen atoms in total. The summed E-state index contributed by atoms with van der Waals surface area (Å²) in [5.41, 5.74) is 0.888. The molecule has 1 N–H and O–H groups in total. The first kappa shape index (κ1) is 13.3. The van der Waals surface area contributed by atoms with E-state index in [0.29, 0.717) is 0 Å². The standard InChI is InChI=1S/C12H18FNOS/c1-14-11(6-7-16-3)10-8-9(13)4-5-12(10)15-2/h4-5,8,11,14H,6-7H2,1-3H3. The van der Waals surface area contributed by atoms with Gasteiger partial charge in [0.1, 0.15) is 11.6 Å². The van der Waals surface area contributed by atoms with E-state index in [1.165, 1.54) is 6.07 Å². The fraction of sp³-hybridized carbons (Fsp3) is 0.500. The molecule has 90 valence electrons. The average molecular weight is 243 g/mol. The molecule has 0 saturated heterocycles. The van der Waals surface area contributed by atoms with Crippen molar-refractivity contribution < 1.29 is 9.13 Å². The van der Waals surface area contributed by atoms with E-state index >= 15 is 0 Å². The van der Waals surface area contributed by atoms with Crippen LogP contribution in [0.1, 0.15) is 18.0 Å². The average Bonchev–Trinajstić information content (AvgIpc) is 2.30. The Morgan fingerprint density at radius 3 is 2.81 bits per heavy atom. The summed E-state index contributed by atoms with van der Waals surface area (Å²) in [5.74, 6) is 1.55. The molecule has 0 aromatic heterocycles. The van der Waals surface area contributed by atoms with Crippen LogP contribution in [0.4, 0.5) is 4.39 Å². The van der Waals surface area contributed by atoms with E-state index in [1.54, 1.807) is 31.0 Å². The largest absolute Gasteiger partial charge is 0.496 e. The first-order valence-corrected chi connectivity index (χ1v) is 6.62. The number of nitrogens with one attached hydrogen (secondary N) is 1. The molecule has 16 heavy (non-hydrogen) atoms. The quantitative estimate of drug-likeness (QED) is 0.830. The maximum atomic E-state index is 13.2. The number of rotatable bonds is 6. The van der Waals surface area contributed by atoms with Gasteiger partial charge in [0.15, 0.2) is 0 Å². The van der Waals surface area contributed by atoms with Gasteiger partial charge in [0.25, 0.3) is 0 Å². The van der Waals surface area contributed by atoms with Crippen molar-refractivity contribution in [2.24, 2.45) is 0 Å². The summed E-state index contributed by atoms with van der Waals surface area (Å²) in [6.07, 6.45) is 3.02. The molecule has 1 unspecified atom stereocenters. The van der Waals surface area contributed by atoms with E-state index in [2.05, 4.69) is 11.6 Å². The highest BCUT2D eigenvalue weighted by molar-refractivity contribution is 7.98. The molecule has 0 amide bonds. The first-order valence-electron chi connectivity index (χ1n) is 5.22. The SMILES string of the molecule is CNC(CCSC)c1cc(F)ccc1OC. The van der Waals surface area contributed by atoms with Crippen molar-refractivity contribution in [3.63, 3.8) is 0 Å². The maximum Gasteiger partial charge on any atom is 0.123 e. The highest BCUT2D eigenvalue weighted by atomic mass is 32.2. The van der Waals surface area contributed by atoms with Crippen LogP contribution in [0.5, 0.6) is 5.75 Å². The fourth-order valence-corrected chi connectivity index (χ4v) is 2.14. The van der Waals surface area contributed by atoms with E-state index in [9.17, 15) is 4.39 Å². The summed E-state index contributed by atoms with van der Waals surface area (Å²) >= 11 is 1.78. The topological polar surface area (TPSA) is 21.3 Å². The van der Waals surface area contributed by atoms with Crippen LogP contribution in [0.15, 0.2) is 18.2 Å². The van der Waals surface area contributed by atoms with Crippen LogP contribution >= 0.6 is 11.8 Å². The number of methoxy groups -OCH3 is 1. The summed E-state index contributed by atoms with van der Waals surface area (Å²) in [4.78, 5) is 0. The summed E-state index contributed by atoms with van der Waals surface area (Å²) in [6, 6.07) is 4.77. The summed E-state index contributed by atoms with van der Waals surface area (Å²) < 4.78 is 18.5. The van der Waals surface area contributed by atoms with Crippen molar-refractivity contribution in [1.82, 2.24) is 5.32 Å². The zero-order valence-electron chi connectivity index (χ0n) is 9.92. The molecular formula is C12H18FNOS. The predicted octanol–water partition coefficient (Wildman–Crippen LogP) is 2.85. The van der Waals surface area contributed by atoms with Gasteiger partial charge in [0.2, 0.25) is 0 Å². The number of ether oxygens (including phenoxy) is 1. The third-order valence-corrected chi connectivity index (χ3v) is 3.17. The normalized spacial score (nSPS) is 12.5. The second-order valence-corrected chi connectivity index (χ2v) is 4.49. The van der Waals surface area contributed by atoms with Gasteiger partial charge in [-0.2, -0.15) is 11.8 Å². The minimum atomic E-state index is -0.222. The molecule has 0 fully saturated rings. The van der Waals surface area contributed by atoms with Crippen molar-refractivity contribution in [3.8, 4) is 5.75 Å². The first-order chi connectivity index (χ1) is 7.72. The molecule has 1 aromatic carbocycles. The fourth-order valence-electron chi connectivity index (χ4n) is 1.67. The maximum absolute atomic E-state index is 13.2. The van der Waals surface area contributed by atoms with Gasteiger partial charge < -0.3 is 10.1 Å². The van der Waals surface area contributed by atoms with Crippen molar-refractivity contribution in [2.45, 2.75) is 12.5 Å². The van der Waals surface area contributed by atoms with E-state index in [1.807, 2.05) is 7.05 Å². The zero-order chi connectivity index (χ0) is 12.0. The molecule has 0 heterocycles. The number of hydrogen-bond acceptors (Lipinski definition) is 3. The molecule has 1 atom stereocenters. The van der Waals surface area contributed by atoms with Gasteiger partial charge in [-0.3, -0.25) is 0 Å². The Morgan fingerprint density at radius 2 is 2.25 bits per heavy atom. The number of thioether (sulfide) groups is 1. The van der Waals surface area contributed by atoms with Gasteiger partial charge in [-0.15, -0.1) is 0 Å². The van der Waals surface area contributed by atoms with Crippen LogP contribution in [0, 0.1) is 5.82 Å². The third kappa shape index (κ3) is 3.39. The van der Waals surface area contributed by atoms with E-state index < -0.39 is 0 Å². The predicted molar refractivity (Wildman–Crippen MR) is 67.8 cm³/mol. The number of hydrogen-bond donors (Lipinski definition) is 1. The minimum absolute atomic E-state index is 0.137. The second-order valence-electron chi connectivity index (χ2n) is 3.51. The molecule has 1 rings (SSSR count). The molecule has 0 aliphatic rings. The molecule has 0 bridgehead atoms. The molecular weight excluding hydrogens is 225 g/mol. The Kier molecular flexibility index (Phi) is 5.63. The molecule has 1 aromatic rings. The molecule has 4 heteroatoms. The van der Waals surface area contributed by atoms with Crippen molar-refractivity contribution in [1.29, 1.82) is 0 Å². The van der Waals surface area contributed by atoms with E-state index in [4.69, 9.17) is 4.74 Å². The smallest absolute Gasteiger partial charge is 0.123 e. The van der Waals surface area contributed by atoms with Gasteiger partial charge in [0, 0.05) is 11.6 Å². The van der Waals surface area contributed by atoms with Gasteiger partial charge in [-0.1, -0.05) is 0 Å². The monoisotopic (exact) mass is 243 g/mol. The Hall–Kier alpha value is -0.740. The zero-order valence-corrected chi connectivity index (χ0v) is 10.7. The van der Waals surface area contributed by atoms with Crippen LogP contribution in [-0.4, -0.2) is 26.2 Å². The molecule has 0 radical (unpaired) electrons. The van der Waals surface area contributed by atoms with Crippen LogP contribution < -0.4 is 10.1 Å². The Balaban J connectivity index is 2.92. The third-order valence-electron chi connectivity index (χ3n) is 2.53. The lowest BCUT2D eigenvalue weighted by Gasteiger charge is -2.19. The number of halogens is 1. The van der Waals surface area contributed by atoms with E-state index in [-0.39, 0.29) is 11.9 Å². The van der Waals surface area contributed by atoms with Crippen LogP contribution in [0.3, 0.4) is 0 Å². The lowest BCUT2D eigenvalue weighted by atomic mass is 10.0. The van der Waals surface area contributed by atoms with Crippen molar-refractivity contribution in [3.05, 3.63) is 29.6 Å². The molecule has 0 aliphatic heterocycles. The Bertz CT molecular complexity index is 333. The van der Waals surface area contributed by atoms with Gasteiger partial charge in [-0.25, -0.2) is 4.39 Å². The van der Waals surface area contributed by atoms with Gasteiger partial charge in [-0.05, 0) is 43.7 Å². The van der Waals surface area contributed by atoms with Crippen LogP contribution in [-0.2, 0) is 0 Å². The van der Waals surface area contributed by atoms with Gasteiger partial charge >= 0.3 is 0 Å². The lowest BCUT2D eigenvalue weighted by molar-refractivity contribution is 0.399. The highest BCUT2D eigenvalue weighted by Crippen LogP contribution is 2.28. The lowest BCUT2D eigenvalue weighted by Crippen LogP contribution is -2.18. The van der Waals surface area contributed by atoms with Crippen LogP contribution in [0.2, 0.25) is 0 Å². The summed E-state index contributed by atoms with van der Waals surface area (Å²) in [6.45, 7) is 0.